The van der Waals surface area contributed by atoms with Gasteiger partial charge in [0.2, 0.25) is 11.8 Å². The van der Waals surface area contributed by atoms with E-state index in [-0.39, 0.29) is 11.4 Å². The number of amides is 2. The van der Waals surface area contributed by atoms with Gasteiger partial charge in [-0.25, -0.2) is 8.42 Å². The third-order valence-electron chi connectivity index (χ3n) is 6.47. The van der Waals surface area contributed by atoms with Crippen LogP contribution in [0.4, 0.5) is 18.9 Å². The van der Waals surface area contributed by atoms with Crippen LogP contribution in [0.15, 0.2) is 77.7 Å². The quantitative estimate of drug-likeness (QED) is 0.297. The molecule has 0 aliphatic rings. The number of halogens is 4. The fraction of sp³-hybridized carbons (Fsp3) is 0.310. The fourth-order valence-electron chi connectivity index (χ4n) is 4.08. The van der Waals surface area contributed by atoms with E-state index in [1.807, 2.05) is 26.0 Å². The van der Waals surface area contributed by atoms with Gasteiger partial charge in [0.05, 0.1) is 21.2 Å². The maximum atomic E-state index is 13.9. The van der Waals surface area contributed by atoms with Crippen LogP contribution in [0.5, 0.6) is 0 Å². The first kappa shape index (κ1) is 32.0. The van der Waals surface area contributed by atoms with E-state index >= 15 is 0 Å². The Morgan fingerprint density at radius 3 is 2.24 bits per heavy atom. The SMILES string of the molecule is CCCNC(=O)[C@H](C)N(Cc1ccccc1C)C(=O)CN(c1ccc(Cl)c(C(F)(F)F)c1)S(=O)(=O)c1ccccc1. The van der Waals surface area contributed by atoms with Gasteiger partial charge in [-0.2, -0.15) is 13.2 Å². The maximum absolute atomic E-state index is 13.9. The minimum absolute atomic E-state index is 0.0279. The molecule has 0 fully saturated rings. The molecule has 12 heteroatoms. The molecule has 0 bridgehead atoms. The molecule has 0 saturated carbocycles. The van der Waals surface area contributed by atoms with Crippen molar-refractivity contribution in [1.29, 1.82) is 0 Å². The molecule has 0 aromatic heterocycles. The maximum Gasteiger partial charge on any atom is 0.417 e. The molecule has 0 unspecified atom stereocenters. The van der Waals surface area contributed by atoms with Crippen LogP contribution < -0.4 is 9.62 Å². The molecule has 0 aliphatic heterocycles. The Morgan fingerprint density at radius 2 is 1.63 bits per heavy atom. The Morgan fingerprint density at radius 1 is 1.00 bits per heavy atom. The minimum Gasteiger partial charge on any atom is -0.354 e. The third kappa shape index (κ3) is 7.80. The minimum atomic E-state index is -4.87. The van der Waals surface area contributed by atoms with E-state index in [9.17, 15) is 31.2 Å². The average molecular weight is 610 g/mol. The van der Waals surface area contributed by atoms with Crippen molar-refractivity contribution < 1.29 is 31.2 Å². The topological polar surface area (TPSA) is 86.8 Å². The van der Waals surface area contributed by atoms with Crippen molar-refractivity contribution in [3.63, 3.8) is 0 Å². The van der Waals surface area contributed by atoms with Crippen molar-refractivity contribution in [3.8, 4) is 0 Å². The second-order valence-electron chi connectivity index (χ2n) is 9.40. The van der Waals surface area contributed by atoms with Gasteiger partial charge < -0.3 is 10.2 Å². The number of rotatable bonds is 11. The van der Waals surface area contributed by atoms with E-state index < -0.39 is 56.9 Å². The lowest BCUT2D eigenvalue weighted by Gasteiger charge is -2.32. The zero-order valence-corrected chi connectivity index (χ0v) is 24.4. The van der Waals surface area contributed by atoms with Gasteiger partial charge in [0.25, 0.3) is 10.0 Å². The van der Waals surface area contributed by atoms with Crippen LogP contribution in [-0.2, 0) is 32.3 Å². The van der Waals surface area contributed by atoms with Crippen LogP contribution in [0.3, 0.4) is 0 Å². The molecule has 1 N–H and O–H groups in total. The van der Waals surface area contributed by atoms with Crippen LogP contribution in [0.1, 0.15) is 37.0 Å². The van der Waals surface area contributed by atoms with Gasteiger partial charge >= 0.3 is 6.18 Å². The first-order valence-electron chi connectivity index (χ1n) is 12.8. The summed E-state index contributed by atoms with van der Waals surface area (Å²) in [7, 11) is -4.52. The highest BCUT2D eigenvalue weighted by atomic mass is 35.5. The Hall–Kier alpha value is -3.57. The normalized spacial score (nSPS) is 12.5. The van der Waals surface area contributed by atoms with Crippen molar-refractivity contribution in [2.75, 3.05) is 17.4 Å². The largest absolute Gasteiger partial charge is 0.417 e. The van der Waals surface area contributed by atoms with E-state index in [1.54, 1.807) is 18.2 Å². The lowest BCUT2D eigenvalue weighted by molar-refractivity contribution is -0.139. The first-order chi connectivity index (χ1) is 19.3. The Labute approximate surface area is 243 Å². The van der Waals surface area contributed by atoms with Crippen molar-refractivity contribution in [2.24, 2.45) is 0 Å². The molecule has 220 valence electrons. The monoisotopic (exact) mass is 609 g/mol. The van der Waals surface area contributed by atoms with Crippen molar-refractivity contribution in [1.82, 2.24) is 10.2 Å². The van der Waals surface area contributed by atoms with E-state index in [4.69, 9.17) is 11.6 Å². The smallest absolute Gasteiger partial charge is 0.354 e. The predicted octanol–water partition coefficient (Wildman–Crippen LogP) is 5.81. The second kappa shape index (κ2) is 13.4. The third-order valence-corrected chi connectivity index (χ3v) is 8.59. The molecule has 0 aliphatic carbocycles. The van der Waals surface area contributed by atoms with Crippen LogP contribution in [0.25, 0.3) is 0 Å². The zero-order chi connectivity index (χ0) is 30.4. The zero-order valence-electron chi connectivity index (χ0n) is 22.8. The Kier molecular flexibility index (Phi) is 10.4. The van der Waals surface area contributed by atoms with Crippen LogP contribution in [0.2, 0.25) is 5.02 Å². The first-order valence-corrected chi connectivity index (χ1v) is 14.6. The molecule has 0 heterocycles. The summed E-state index contributed by atoms with van der Waals surface area (Å²) in [6.07, 6.45) is -4.21. The number of alkyl halides is 3. The molecule has 2 amide bonds. The van der Waals surface area contributed by atoms with Gasteiger partial charge in [-0.05, 0) is 61.7 Å². The fourth-order valence-corrected chi connectivity index (χ4v) is 5.74. The summed E-state index contributed by atoms with van der Waals surface area (Å²) in [6.45, 7) is 4.69. The summed E-state index contributed by atoms with van der Waals surface area (Å²) >= 11 is 5.79. The van der Waals surface area contributed by atoms with Gasteiger partial charge in [0.1, 0.15) is 12.6 Å². The van der Waals surface area contributed by atoms with Gasteiger partial charge in [0.15, 0.2) is 0 Å². The number of aryl methyl sites for hydroxylation is 1. The average Bonchev–Trinajstić information content (AvgIpc) is 2.93. The Bertz CT molecular complexity index is 1480. The van der Waals surface area contributed by atoms with E-state index in [1.165, 1.54) is 36.1 Å². The molecular formula is C29H31ClF3N3O4S. The van der Waals surface area contributed by atoms with Gasteiger partial charge in [-0.3, -0.25) is 13.9 Å². The van der Waals surface area contributed by atoms with Gasteiger partial charge in [-0.1, -0.05) is 61.0 Å². The van der Waals surface area contributed by atoms with Crippen LogP contribution in [-0.4, -0.2) is 44.3 Å². The number of anilines is 1. The number of nitrogens with one attached hydrogen (secondary N) is 1. The number of sulfonamides is 1. The standard InChI is InChI=1S/C29H31ClF3N3O4S/c1-4-16-34-28(38)21(3)35(18-22-11-9-8-10-20(22)2)27(37)19-36(41(39,40)24-12-6-5-7-13-24)23-14-15-26(30)25(17-23)29(31,32)33/h5-15,17,21H,4,16,18-19H2,1-3H3,(H,34,38)/t21-/m0/s1. The van der Waals surface area contributed by atoms with Crippen molar-refractivity contribution in [3.05, 3.63) is 94.5 Å². The number of benzene rings is 3. The van der Waals surface area contributed by atoms with Gasteiger partial charge in [-0.15, -0.1) is 0 Å². The predicted molar refractivity (Wildman–Crippen MR) is 152 cm³/mol. The molecule has 0 spiro atoms. The number of carbonyl (C=O) groups is 2. The summed E-state index contributed by atoms with van der Waals surface area (Å²) < 4.78 is 69.2. The lowest BCUT2D eigenvalue weighted by atomic mass is 10.1. The van der Waals surface area contributed by atoms with E-state index in [0.717, 1.165) is 23.3 Å². The summed E-state index contributed by atoms with van der Waals surface area (Å²) in [4.78, 5) is 27.8. The van der Waals surface area contributed by atoms with E-state index in [2.05, 4.69) is 5.32 Å². The molecule has 7 nitrogen and oxygen atoms in total. The molecule has 3 rings (SSSR count). The molecule has 0 saturated heterocycles. The second-order valence-corrected chi connectivity index (χ2v) is 11.7. The van der Waals surface area contributed by atoms with E-state index in [0.29, 0.717) is 23.3 Å². The highest BCUT2D eigenvalue weighted by Gasteiger charge is 2.37. The number of hydrogen-bond acceptors (Lipinski definition) is 4. The molecule has 0 radical (unpaired) electrons. The molecular weight excluding hydrogens is 579 g/mol. The summed E-state index contributed by atoms with van der Waals surface area (Å²) in [5, 5.41) is 2.12. The number of hydrogen-bond donors (Lipinski definition) is 1. The molecule has 1 atom stereocenters. The van der Waals surface area contributed by atoms with Crippen LogP contribution >= 0.6 is 11.6 Å². The van der Waals surface area contributed by atoms with Crippen molar-refractivity contribution in [2.45, 2.75) is 50.9 Å². The highest BCUT2D eigenvalue weighted by molar-refractivity contribution is 7.92. The molecule has 41 heavy (non-hydrogen) atoms. The van der Waals surface area contributed by atoms with Crippen molar-refractivity contribution >= 4 is 39.1 Å². The number of carbonyl (C=O) groups excluding carboxylic acids is 2. The molecule has 3 aromatic rings. The van der Waals surface area contributed by atoms with Gasteiger partial charge in [0, 0.05) is 13.1 Å². The lowest BCUT2D eigenvalue weighted by Crippen LogP contribution is -2.51. The summed E-state index contributed by atoms with van der Waals surface area (Å²) in [6, 6.07) is 15.9. The number of nitrogens with zero attached hydrogens (tertiary/aromatic N) is 2. The summed E-state index contributed by atoms with van der Waals surface area (Å²) in [5.41, 5.74) is -0.0913. The van der Waals surface area contributed by atoms with Crippen LogP contribution in [0, 0.1) is 6.92 Å². The molecule has 3 aromatic carbocycles. The Balaban J connectivity index is 2.11. The summed E-state index contributed by atoms with van der Waals surface area (Å²) in [5.74, 6) is -1.23. The highest BCUT2D eigenvalue weighted by Crippen LogP contribution is 2.38.